The number of hydrogen-bond donors (Lipinski definition) is 1. The number of halogens is 2. The number of anilines is 1. The van der Waals surface area contributed by atoms with Crippen molar-refractivity contribution in [3.8, 4) is 0 Å². The van der Waals surface area contributed by atoms with E-state index in [0.29, 0.717) is 18.7 Å². The van der Waals surface area contributed by atoms with Crippen LogP contribution in [0, 0.1) is 5.82 Å². The average Bonchev–Trinajstić information content (AvgIpc) is 2.45. The first-order valence-electron chi connectivity index (χ1n) is 4.59. The van der Waals surface area contributed by atoms with Gasteiger partial charge in [-0.3, -0.25) is 4.79 Å². The molecule has 1 heterocycles. The predicted octanol–water partition coefficient (Wildman–Crippen LogP) is 1.54. The molecule has 80 valence electrons. The van der Waals surface area contributed by atoms with Gasteiger partial charge in [0, 0.05) is 19.0 Å². The molecule has 1 aliphatic heterocycles. The lowest BCUT2D eigenvalue weighted by molar-refractivity contribution is -0.117. The Hall–Kier alpha value is -1.13. The Labute approximate surface area is 91.6 Å². The summed E-state index contributed by atoms with van der Waals surface area (Å²) in [5, 5.41) is 0.234. The summed E-state index contributed by atoms with van der Waals surface area (Å²) in [7, 11) is 0. The fraction of sp³-hybridized carbons (Fsp3) is 0.300. The van der Waals surface area contributed by atoms with E-state index in [9.17, 15) is 9.18 Å². The molecular weight excluding hydrogens is 219 g/mol. The molecule has 15 heavy (non-hydrogen) atoms. The third kappa shape index (κ3) is 1.96. The van der Waals surface area contributed by atoms with Gasteiger partial charge in [-0.05, 0) is 18.2 Å². The van der Waals surface area contributed by atoms with Crippen LogP contribution >= 0.6 is 11.6 Å². The lowest BCUT2D eigenvalue weighted by Crippen LogP contribution is -2.28. The SMILES string of the molecule is NC1CC(=O)N(c2ccc(F)cc2Cl)C1. The number of rotatable bonds is 1. The van der Waals surface area contributed by atoms with E-state index in [0.717, 1.165) is 0 Å². The predicted molar refractivity (Wildman–Crippen MR) is 56.4 cm³/mol. The van der Waals surface area contributed by atoms with Crippen molar-refractivity contribution >= 4 is 23.2 Å². The number of carbonyl (C=O) groups is 1. The number of benzene rings is 1. The molecule has 0 saturated carbocycles. The summed E-state index contributed by atoms with van der Waals surface area (Å²) in [6.07, 6.45) is 0.313. The van der Waals surface area contributed by atoms with Gasteiger partial charge in [-0.1, -0.05) is 11.6 Å². The van der Waals surface area contributed by atoms with Gasteiger partial charge >= 0.3 is 0 Å². The van der Waals surface area contributed by atoms with E-state index in [-0.39, 0.29) is 17.0 Å². The zero-order valence-corrected chi connectivity index (χ0v) is 8.67. The topological polar surface area (TPSA) is 46.3 Å². The van der Waals surface area contributed by atoms with Gasteiger partial charge < -0.3 is 10.6 Å². The summed E-state index contributed by atoms with van der Waals surface area (Å²) in [6, 6.07) is 3.79. The van der Waals surface area contributed by atoms with Crippen LogP contribution in [0.1, 0.15) is 6.42 Å². The van der Waals surface area contributed by atoms with Gasteiger partial charge in [0.1, 0.15) is 5.82 Å². The Morgan fingerprint density at radius 1 is 1.53 bits per heavy atom. The van der Waals surface area contributed by atoms with E-state index in [2.05, 4.69) is 0 Å². The van der Waals surface area contributed by atoms with E-state index in [1.54, 1.807) is 0 Å². The van der Waals surface area contributed by atoms with Crippen molar-refractivity contribution in [1.29, 1.82) is 0 Å². The molecule has 0 bridgehead atoms. The van der Waals surface area contributed by atoms with Crippen molar-refractivity contribution in [2.45, 2.75) is 12.5 Å². The number of nitrogens with two attached hydrogens (primary N) is 1. The summed E-state index contributed by atoms with van der Waals surface area (Å²) in [4.78, 5) is 13.0. The fourth-order valence-electron chi connectivity index (χ4n) is 1.67. The van der Waals surface area contributed by atoms with Crippen LogP contribution in [-0.4, -0.2) is 18.5 Å². The van der Waals surface area contributed by atoms with Gasteiger partial charge in [0.25, 0.3) is 0 Å². The number of nitrogens with zero attached hydrogens (tertiary/aromatic N) is 1. The summed E-state index contributed by atoms with van der Waals surface area (Å²) < 4.78 is 12.8. The molecule has 0 aromatic heterocycles. The highest BCUT2D eigenvalue weighted by Crippen LogP contribution is 2.29. The van der Waals surface area contributed by atoms with E-state index < -0.39 is 5.82 Å². The smallest absolute Gasteiger partial charge is 0.228 e. The quantitative estimate of drug-likeness (QED) is 0.793. The number of amides is 1. The Balaban J connectivity index is 2.34. The van der Waals surface area contributed by atoms with E-state index >= 15 is 0 Å². The second kappa shape index (κ2) is 3.79. The highest BCUT2D eigenvalue weighted by Gasteiger charge is 2.29. The second-order valence-corrected chi connectivity index (χ2v) is 3.97. The van der Waals surface area contributed by atoms with Crippen LogP contribution in [0.3, 0.4) is 0 Å². The van der Waals surface area contributed by atoms with Gasteiger partial charge in [0.05, 0.1) is 10.7 Å². The largest absolute Gasteiger partial charge is 0.326 e. The van der Waals surface area contributed by atoms with Gasteiger partial charge in [-0.2, -0.15) is 0 Å². The Morgan fingerprint density at radius 3 is 2.80 bits per heavy atom. The molecule has 3 nitrogen and oxygen atoms in total. The van der Waals surface area contributed by atoms with Crippen LogP contribution in [0.25, 0.3) is 0 Å². The van der Waals surface area contributed by atoms with Crippen LogP contribution < -0.4 is 10.6 Å². The van der Waals surface area contributed by atoms with Gasteiger partial charge in [0.15, 0.2) is 0 Å². The van der Waals surface area contributed by atoms with Crippen molar-refractivity contribution in [3.63, 3.8) is 0 Å². The third-order valence-corrected chi connectivity index (χ3v) is 2.66. The van der Waals surface area contributed by atoms with Crippen molar-refractivity contribution < 1.29 is 9.18 Å². The summed E-state index contributed by atoms with van der Waals surface area (Å²) in [5.74, 6) is -0.490. The molecular formula is C10H10ClFN2O. The average molecular weight is 229 g/mol. The van der Waals surface area contributed by atoms with E-state index in [1.165, 1.54) is 23.1 Å². The molecule has 1 amide bonds. The monoisotopic (exact) mass is 228 g/mol. The maximum Gasteiger partial charge on any atom is 0.228 e. The molecule has 2 N–H and O–H groups in total. The number of hydrogen-bond acceptors (Lipinski definition) is 2. The van der Waals surface area contributed by atoms with Crippen LogP contribution in [0.5, 0.6) is 0 Å². The molecule has 2 rings (SSSR count). The second-order valence-electron chi connectivity index (χ2n) is 3.56. The minimum atomic E-state index is -0.417. The molecule has 0 spiro atoms. The summed E-state index contributed by atoms with van der Waals surface area (Å²) in [6.45, 7) is 0.435. The first-order chi connectivity index (χ1) is 7.08. The van der Waals surface area contributed by atoms with E-state index in [4.69, 9.17) is 17.3 Å². The molecule has 5 heteroatoms. The van der Waals surface area contributed by atoms with Gasteiger partial charge in [-0.15, -0.1) is 0 Å². The summed E-state index contributed by atoms with van der Waals surface area (Å²) in [5.41, 5.74) is 6.18. The fourth-order valence-corrected chi connectivity index (χ4v) is 1.94. The van der Waals surface area contributed by atoms with Crippen LogP contribution in [0.2, 0.25) is 5.02 Å². The van der Waals surface area contributed by atoms with Crippen LogP contribution in [-0.2, 0) is 4.79 Å². The molecule has 1 aliphatic rings. The standard InChI is InChI=1S/C10H10ClFN2O/c11-8-3-6(12)1-2-9(8)14-5-7(13)4-10(14)15/h1-3,7H,4-5,13H2. The lowest BCUT2D eigenvalue weighted by atomic mass is 10.3. The Bertz CT molecular complexity index is 410. The van der Waals surface area contributed by atoms with E-state index in [1.807, 2.05) is 0 Å². The molecule has 1 saturated heterocycles. The van der Waals surface area contributed by atoms with Crippen molar-refractivity contribution in [3.05, 3.63) is 29.0 Å². The Kier molecular flexibility index (Phi) is 2.63. The molecule has 1 aromatic carbocycles. The molecule has 1 aromatic rings. The maximum atomic E-state index is 12.8. The maximum absolute atomic E-state index is 12.8. The zero-order chi connectivity index (χ0) is 11.0. The first kappa shape index (κ1) is 10.4. The van der Waals surface area contributed by atoms with Crippen molar-refractivity contribution in [1.82, 2.24) is 0 Å². The minimum absolute atomic E-state index is 0.0731. The number of carbonyl (C=O) groups excluding carboxylic acids is 1. The minimum Gasteiger partial charge on any atom is -0.326 e. The van der Waals surface area contributed by atoms with Gasteiger partial charge in [0.2, 0.25) is 5.91 Å². The van der Waals surface area contributed by atoms with Crippen molar-refractivity contribution in [2.75, 3.05) is 11.4 Å². The molecule has 1 atom stereocenters. The lowest BCUT2D eigenvalue weighted by Gasteiger charge is -2.17. The summed E-state index contributed by atoms with van der Waals surface area (Å²) >= 11 is 5.85. The normalized spacial score (nSPS) is 21.1. The molecule has 0 aliphatic carbocycles. The molecule has 1 unspecified atom stereocenters. The highest BCUT2D eigenvalue weighted by atomic mass is 35.5. The highest BCUT2D eigenvalue weighted by molar-refractivity contribution is 6.33. The van der Waals surface area contributed by atoms with Crippen LogP contribution in [0.4, 0.5) is 10.1 Å². The zero-order valence-electron chi connectivity index (χ0n) is 7.91. The Morgan fingerprint density at radius 2 is 2.27 bits per heavy atom. The van der Waals surface area contributed by atoms with Crippen molar-refractivity contribution in [2.24, 2.45) is 5.73 Å². The molecule has 0 radical (unpaired) electrons. The van der Waals surface area contributed by atoms with Gasteiger partial charge in [-0.25, -0.2) is 4.39 Å². The first-order valence-corrected chi connectivity index (χ1v) is 4.96. The van der Waals surface area contributed by atoms with Crippen LogP contribution in [0.15, 0.2) is 18.2 Å². The molecule has 1 fully saturated rings. The third-order valence-electron chi connectivity index (χ3n) is 2.36.